The minimum absolute atomic E-state index is 0.474. The predicted molar refractivity (Wildman–Crippen MR) is 80.5 cm³/mol. The topological polar surface area (TPSA) is 38.0 Å². The lowest BCUT2D eigenvalue weighted by molar-refractivity contribution is 0.232. The van der Waals surface area contributed by atoms with E-state index in [0.29, 0.717) is 27.2 Å². The third kappa shape index (κ3) is 3.24. The van der Waals surface area contributed by atoms with Gasteiger partial charge in [0.05, 0.1) is 21.4 Å². The molecule has 2 nitrogen and oxygen atoms in total. The monoisotopic (exact) mass is 286 g/mol. The van der Waals surface area contributed by atoms with Crippen LogP contribution in [0.1, 0.15) is 39.5 Å². The molecule has 100 valence electrons. The van der Waals surface area contributed by atoms with Crippen molar-refractivity contribution in [3.63, 3.8) is 0 Å². The Balaban J connectivity index is 2.04. The normalized spacial score (nSPS) is 19.8. The lowest BCUT2D eigenvalue weighted by Crippen LogP contribution is -2.30. The number of halogens is 2. The van der Waals surface area contributed by atoms with E-state index in [2.05, 4.69) is 19.2 Å². The van der Waals surface area contributed by atoms with Crippen molar-refractivity contribution in [3.8, 4) is 0 Å². The molecule has 4 heteroatoms. The van der Waals surface area contributed by atoms with E-state index in [4.69, 9.17) is 28.9 Å². The van der Waals surface area contributed by atoms with E-state index in [-0.39, 0.29) is 0 Å². The van der Waals surface area contributed by atoms with Gasteiger partial charge in [0.15, 0.2) is 0 Å². The molecule has 0 aliphatic heterocycles. The summed E-state index contributed by atoms with van der Waals surface area (Å²) in [7, 11) is 0. The summed E-state index contributed by atoms with van der Waals surface area (Å²) < 4.78 is 0. The highest BCUT2D eigenvalue weighted by molar-refractivity contribution is 6.42. The van der Waals surface area contributed by atoms with Gasteiger partial charge in [0.1, 0.15) is 0 Å². The largest absolute Gasteiger partial charge is 0.397 e. The molecule has 1 fully saturated rings. The molecule has 18 heavy (non-hydrogen) atoms. The number of nitrogens with one attached hydrogen (secondary N) is 1. The van der Waals surface area contributed by atoms with E-state index < -0.39 is 0 Å². The van der Waals surface area contributed by atoms with Crippen LogP contribution in [0.4, 0.5) is 11.4 Å². The van der Waals surface area contributed by atoms with Crippen LogP contribution in [0.2, 0.25) is 10.0 Å². The van der Waals surface area contributed by atoms with Gasteiger partial charge >= 0.3 is 0 Å². The van der Waals surface area contributed by atoms with Gasteiger partial charge < -0.3 is 11.1 Å². The van der Waals surface area contributed by atoms with Gasteiger partial charge in [0, 0.05) is 6.04 Å². The Morgan fingerprint density at radius 2 is 1.72 bits per heavy atom. The van der Waals surface area contributed by atoms with E-state index in [1.165, 1.54) is 25.7 Å². The maximum absolute atomic E-state index is 6.02. The van der Waals surface area contributed by atoms with Crippen LogP contribution < -0.4 is 11.1 Å². The van der Waals surface area contributed by atoms with Crippen molar-refractivity contribution >= 4 is 34.6 Å². The van der Waals surface area contributed by atoms with Gasteiger partial charge in [-0.1, -0.05) is 37.0 Å². The van der Waals surface area contributed by atoms with Crippen molar-refractivity contribution in [2.75, 3.05) is 11.1 Å². The molecule has 0 bridgehead atoms. The molecule has 0 aromatic heterocycles. The highest BCUT2D eigenvalue weighted by Gasteiger charge is 2.26. The lowest BCUT2D eigenvalue weighted by Gasteiger charge is -2.35. The lowest BCUT2D eigenvalue weighted by atomic mass is 9.75. The Hall–Kier alpha value is -0.600. The Bertz CT molecular complexity index is 434. The summed E-state index contributed by atoms with van der Waals surface area (Å²) in [6, 6.07) is 4.01. The van der Waals surface area contributed by atoms with Crippen LogP contribution >= 0.6 is 23.2 Å². The zero-order chi connectivity index (χ0) is 13.3. The average Bonchev–Trinajstić information content (AvgIpc) is 2.28. The Morgan fingerprint density at radius 1 is 1.17 bits per heavy atom. The summed E-state index contributed by atoms with van der Waals surface area (Å²) in [6.45, 7) is 4.66. The van der Waals surface area contributed by atoms with Gasteiger partial charge in [0.25, 0.3) is 0 Å². The van der Waals surface area contributed by atoms with Gasteiger partial charge in [-0.05, 0) is 43.2 Å². The predicted octanol–water partition coefficient (Wildman–Crippen LogP) is 4.96. The van der Waals surface area contributed by atoms with Crippen LogP contribution in [0.5, 0.6) is 0 Å². The number of benzene rings is 1. The van der Waals surface area contributed by atoms with Crippen LogP contribution in [0.25, 0.3) is 0 Å². The van der Waals surface area contributed by atoms with Gasteiger partial charge in [-0.3, -0.25) is 0 Å². The van der Waals surface area contributed by atoms with Gasteiger partial charge in [-0.2, -0.15) is 0 Å². The molecule has 0 unspecified atom stereocenters. The third-order valence-corrected chi connectivity index (χ3v) is 4.51. The third-order valence-electron chi connectivity index (χ3n) is 3.79. The molecule has 0 spiro atoms. The quantitative estimate of drug-likeness (QED) is 0.755. The summed E-state index contributed by atoms with van der Waals surface area (Å²) in [5.74, 6) is 0. The zero-order valence-corrected chi connectivity index (χ0v) is 12.4. The Kier molecular flexibility index (Phi) is 3.98. The molecule has 3 N–H and O–H groups in total. The summed E-state index contributed by atoms with van der Waals surface area (Å²) in [6.07, 6.45) is 4.83. The van der Waals surface area contributed by atoms with Gasteiger partial charge in [-0.25, -0.2) is 0 Å². The van der Waals surface area contributed by atoms with Crippen LogP contribution in [0, 0.1) is 5.41 Å². The summed E-state index contributed by atoms with van der Waals surface area (Å²) in [5.41, 5.74) is 7.99. The van der Waals surface area contributed by atoms with Crippen LogP contribution in [0.3, 0.4) is 0 Å². The summed E-state index contributed by atoms with van der Waals surface area (Å²) in [4.78, 5) is 0. The first-order valence-corrected chi connectivity index (χ1v) is 7.14. The second kappa shape index (κ2) is 5.18. The first-order chi connectivity index (χ1) is 8.37. The molecule has 0 heterocycles. The van der Waals surface area contributed by atoms with Gasteiger partial charge in [0.2, 0.25) is 0 Å². The van der Waals surface area contributed by atoms with Gasteiger partial charge in [-0.15, -0.1) is 0 Å². The second-order valence-electron chi connectivity index (χ2n) is 5.94. The van der Waals surface area contributed by atoms with E-state index in [9.17, 15) is 0 Å². The number of nitrogen functional groups attached to an aromatic ring is 1. The molecule has 1 aromatic rings. The molecule has 1 aliphatic carbocycles. The fourth-order valence-corrected chi connectivity index (χ4v) is 2.79. The number of nitrogens with two attached hydrogens (primary N) is 1. The fourth-order valence-electron chi connectivity index (χ4n) is 2.45. The van der Waals surface area contributed by atoms with E-state index in [0.717, 1.165) is 5.69 Å². The molecule has 0 amide bonds. The second-order valence-corrected chi connectivity index (χ2v) is 6.75. The summed E-state index contributed by atoms with van der Waals surface area (Å²) >= 11 is 11.9. The smallest absolute Gasteiger partial charge is 0.0614 e. The molecule has 0 saturated heterocycles. The van der Waals surface area contributed by atoms with Crippen molar-refractivity contribution in [2.45, 2.75) is 45.6 Å². The summed E-state index contributed by atoms with van der Waals surface area (Å²) in [5, 5.41) is 4.54. The van der Waals surface area contributed by atoms with Crippen molar-refractivity contribution in [1.82, 2.24) is 0 Å². The highest BCUT2D eigenvalue weighted by Crippen LogP contribution is 2.37. The highest BCUT2D eigenvalue weighted by atomic mass is 35.5. The van der Waals surface area contributed by atoms with Crippen LogP contribution in [-0.4, -0.2) is 6.04 Å². The number of hydrogen-bond donors (Lipinski definition) is 2. The molecule has 1 aromatic carbocycles. The van der Waals surface area contributed by atoms with Crippen LogP contribution in [0.15, 0.2) is 12.1 Å². The minimum Gasteiger partial charge on any atom is -0.397 e. The first-order valence-electron chi connectivity index (χ1n) is 6.38. The Morgan fingerprint density at radius 3 is 2.33 bits per heavy atom. The van der Waals surface area contributed by atoms with Crippen molar-refractivity contribution in [2.24, 2.45) is 5.41 Å². The van der Waals surface area contributed by atoms with Crippen molar-refractivity contribution < 1.29 is 0 Å². The van der Waals surface area contributed by atoms with Crippen LogP contribution in [-0.2, 0) is 0 Å². The molecular weight excluding hydrogens is 267 g/mol. The molecule has 0 radical (unpaired) electrons. The fraction of sp³-hybridized carbons (Fsp3) is 0.571. The standard InChI is InChI=1S/C14H20Cl2N2/c1-14(2)5-3-9(4-6-14)18-13-8-11(16)10(15)7-12(13)17/h7-9,18H,3-6,17H2,1-2H3. The number of rotatable bonds is 2. The molecular formula is C14H20Cl2N2. The number of anilines is 2. The average molecular weight is 287 g/mol. The molecule has 1 saturated carbocycles. The van der Waals surface area contributed by atoms with E-state index in [1.54, 1.807) is 6.07 Å². The zero-order valence-electron chi connectivity index (χ0n) is 10.9. The van der Waals surface area contributed by atoms with E-state index in [1.807, 2.05) is 6.07 Å². The van der Waals surface area contributed by atoms with Crippen molar-refractivity contribution in [1.29, 1.82) is 0 Å². The maximum atomic E-state index is 6.02. The maximum Gasteiger partial charge on any atom is 0.0614 e. The van der Waals surface area contributed by atoms with E-state index >= 15 is 0 Å². The Labute approximate surface area is 119 Å². The first kappa shape index (κ1) is 13.8. The van der Waals surface area contributed by atoms with Crippen molar-refractivity contribution in [3.05, 3.63) is 22.2 Å². The number of hydrogen-bond acceptors (Lipinski definition) is 2. The minimum atomic E-state index is 0.474. The molecule has 0 atom stereocenters. The SMILES string of the molecule is CC1(C)CCC(Nc2cc(Cl)c(Cl)cc2N)CC1. The molecule has 2 rings (SSSR count). The molecule has 1 aliphatic rings.